The van der Waals surface area contributed by atoms with Crippen LogP contribution < -0.4 is 26.6 Å². The van der Waals surface area contributed by atoms with Gasteiger partial charge < -0.3 is 76.5 Å². The first kappa shape index (κ1) is 51.8. The molecule has 7 aromatic rings. The van der Waals surface area contributed by atoms with E-state index in [4.69, 9.17) is 49.9 Å². The van der Waals surface area contributed by atoms with Crippen LogP contribution >= 0.6 is 11.8 Å². The lowest BCUT2D eigenvalue weighted by atomic mass is 10.0. The van der Waals surface area contributed by atoms with E-state index in [1.807, 2.05) is 11.8 Å². The summed E-state index contributed by atoms with van der Waals surface area (Å²) >= 11 is 1.88. The molecule has 2 fully saturated rings. The fourth-order valence-electron chi connectivity index (χ4n) is 8.32. The van der Waals surface area contributed by atoms with Crippen LogP contribution in [0.15, 0.2) is 74.8 Å². The van der Waals surface area contributed by atoms with Crippen LogP contribution in [0.5, 0.6) is 0 Å². The Kier molecular flexibility index (Phi) is 17.2. The molecule has 0 saturated carbocycles. The molecule has 5 amide bonds. The Labute approximate surface area is 436 Å². The second-order valence-electron chi connectivity index (χ2n) is 17.6. The van der Waals surface area contributed by atoms with E-state index >= 15 is 0 Å². The largest absolute Gasteiger partial charge is 0.446 e. The summed E-state index contributed by atoms with van der Waals surface area (Å²) in [6.45, 7) is 3.68. The average Bonchev–Trinajstić information content (AvgIpc) is 4.25. The van der Waals surface area contributed by atoms with Crippen LogP contribution in [-0.2, 0) is 28.5 Å². The third-order valence-electron chi connectivity index (χ3n) is 12.2. The summed E-state index contributed by atoms with van der Waals surface area (Å²) in [7, 11) is 0. The van der Waals surface area contributed by atoms with Gasteiger partial charge in [-0.2, -0.15) is 11.8 Å². The fourth-order valence-corrected chi connectivity index (χ4v) is 9.86. The van der Waals surface area contributed by atoms with Crippen molar-refractivity contribution in [3.8, 4) is 69.5 Å². The number of carbonyl (C=O) groups excluding carboxylic acids is 4. The van der Waals surface area contributed by atoms with Crippen molar-refractivity contribution in [2.45, 2.75) is 74.7 Å². The van der Waals surface area contributed by atoms with Gasteiger partial charge in [-0.1, -0.05) is 6.42 Å². The molecule has 14 bridgehead atoms. The highest BCUT2D eigenvalue weighted by Gasteiger charge is 2.42. The molecule has 7 aromatic heterocycles. The van der Waals surface area contributed by atoms with E-state index in [0.29, 0.717) is 90.3 Å². The van der Waals surface area contributed by atoms with Gasteiger partial charge in [-0.05, 0) is 32.1 Å². The molecule has 3 aliphatic rings. The molecule has 402 valence electrons. The number of hydrogen-bond donors (Lipinski definition) is 5. The lowest BCUT2D eigenvalue weighted by molar-refractivity contribution is -0.122. The highest BCUT2D eigenvalue weighted by Crippen LogP contribution is 2.34. The summed E-state index contributed by atoms with van der Waals surface area (Å²) < 4.78 is 61.9. The molecule has 4 atom stereocenters. The molecule has 0 radical (unpaired) electrons. The normalized spacial score (nSPS) is 17.7. The summed E-state index contributed by atoms with van der Waals surface area (Å²) in [5.74, 6) is 0.959. The highest BCUT2D eigenvalue weighted by atomic mass is 32.2. The number of fused-ring (bicyclic) bond motifs is 21. The molecule has 0 aromatic carbocycles. The Bertz CT molecular complexity index is 3030. The zero-order valence-corrected chi connectivity index (χ0v) is 41.8. The number of carbonyl (C=O) groups is 4. The van der Waals surface area contributed by atoms with Crippen molar-refractivity contribution in [3.05, 3.63) is 55.4 Å². The first-order valence-electron chi connectivity index (χ1n) is 24.8. The molecular formula is C48H54N12O15S. The van der Waals surface area contributed by atoms with Crippen molar-refractivity contribution >= 4 is 35.5 Å². The Hall–Kier alpha value is -7.66. The van der Waals surface area contributed by atoms with E-state index < -0.39 is 11.9 Å². The van der Waals surface area contributed by atoms with E-state index in [9.17, 15) is 19.2 Å². The lowest BCUT2D eigenvalue weighted by Gasteiger charge is -2.16. The number of ether oxygens (including phenoxy) is 4. The quantitative estimate of drug-likeness (QED) is 0.0372. The highest BCUT2D eigenvalue weighted by molar-refractivity contribution is 8.00. The lowest BCUT2D eigenvalue weighted by Crippen LogP contribution is -2.36. The van der Waals surface area contributed by atoms with Gasteiger partial charge in [-0.25, -0.2) is 39.7 Å². The minimum Gasteiger partial charge on any atom is -0.446 e. The molecule has 10 rings (SSSR count). The Balaban J connectivity index is 0.600. The zero-order valence-electron chi connectivity index (χ0n) is 40.9. The van der Waals surface area contributed by atoms with Gasteiger partial charge in [-0.3, -0.25) is 14.4 Å². The number of thioether (sulfide) groups is 1. The van der Waals surface area contributed by atoms with Crippen LogP contribution in [0.1, 0.15) is 73.8 Å². The van der Waals surface area contributed by atoms with Gasteiger partial charge in [0.2, 0.25) is 53.0 Å². The van der Waals surface area contributed by atoms with Gasteiger partial charge in [0, 0.05) is 36.9 Å². The molecule has 28 heteroatoms. The summed E-state index contributed by atoms with van der Waals surface area (Å²) in [5.41, 5.74) is 1.46. The van der Waals surface area contributed by atoms with E-state index in [1.54, 1.807) is 0 Å². The van der Waals surface area contributed by atoms with Crippen molar-refractivity contribution in [1.29, 1.82) is 0 Å². The molecule has 0 unspecified atom stereocenters. The number of urea groups is 1. The maximum atomic E-state index is 13.6. The number of aromatic nitrogens is 7. The molecule has 76 heavy (non-hydrogen) atoms. The van der Waals surface area contributed by atoms with Gasteiger partial charge >= 0.3 is 6.03 Å². The van der Waals surface area contributed by atoms with Gasteiger partial charge in [0.25, 0.3) is 5.91 Å². The Morgan fingerprint density at radius 2 is 0.961 bits per heavy atom. The van der Waals surface area contributed by atoms with Crippen molar-refractivity contribution in [3.63, 3.8) is 0 Å². The first-order chi connectivity index (χ1) is 37.3. The predicted octanol–water partition coefficient (Wildman–Crippen LogP) is 4.97. The monoisotopic (exact) mass is 1070 g/mol. The molecule has 10 heterocycles. The summed E-state index contributed by atoms with van der Waals surface area (Å²) in [5, 5.41) is 15.1. The van der Waals surface area contributed by atoms with Crippen LogP contribution in [0.3, 0.4) is 0 Å². The third-order valence-corrected chi connectivity index (χ3v) is 13.7. The first-order valence-corrected chi connectivity index (χ1v) is 25.9. The number of unbranched alkanes of at least 4 members (excludes halogenated alkanes) is 2. The minimum atomic E-state index is -0.745. The molecule has 27 nitrogen and oxygen atoms in total. The SMILES string of the molecule is O=C(CCCC[C@@H]1SC[C@@H]2NC(=O)N[C@@H]21)NCCOCCOCCOCCOCCC(=O)NCCCC[C@@H]1NC(=O)c2coc(n2)-c2coc(n2)-c2coc(n2)-c2coc(n2)-c2coc(n2)-c2coc(n2)-c2coc1n2. The number of oxazole rings is 7. The average molecular weight is 1070 g/mol. The molecular weight excluding hydrogens is 1020 g/mol. The standard InChI is InChI=1S/C48H54N12O15S/c61-37(7-2-1-6-36-39-35(26-76-36)59-48(64)60-39)50-10-12-66-14-16-68-18-17-67-15-13-65-11-8-38(62)49-9-4-3-5-27-41-53-30(20-70-41)43-55-32(22-72-43)45-57-34(24-74-45)47-58-33(25-75-47)46-56-31(23-73-46)44-54-29(21-71-44)42-52-28(19-69-42)40(63)51-27/h19-25,27,35-36,39H,1-18,26H2,(H,49,62)(H,50,61)(H,51,63)(H2,59,60,64)/t27-,35-,36-,39-/m0/s1. The van der Waals surface area contributed by atoms with Gasteiger partial charge in [-0.15, -0.1) is 0 Å². The number of rotatable bonds is 25. The maximum absolute atomic E-state index is 13.6. The summed E-state index contributed by atoms with van der Waals surface area (Å²) in [6, 6.07) is -0.413. The molecule has 5 N–H and O–H groups in total. The van der Waals surface area contributed by atoms with Crippen molar-refractivity contribution in [2.75, 3.05) is 71.7 Å². The van der Waals surface area contributed by atoms with E-state index in [1.165, 1.54) is 43.8 Å². The summed E-state index contributed by atoms with van der Waals surface area (Å²) in [6.07, 6.45) is 14.1. The smallest absolute Gasteiger partial charge is 0.315 e. The topological polar surface area (TPSA) is 348 Å². The molecule has 3 aliphatic heterocycles. The second-order valence-corrected chi connectivity index (χ2v) is 18.9. The molecule has 2 saturated heterocycles. The number of nitrogens with one attached hydrogen (secondary N) is 5. The van der Waals surface area contributed by atoms with Crippen LogP contribution in [0.2, 0.25) is 0 Å². The third kappa shape index (κ3) is 13.4. The van der Waals surface area contributed by atoms with Gasteiger partial charge in [0.05, 0.1) is 64.9 Å². The predicted molar refractivity (Wildman–Crippen MR) is 261 cm³/mol. The summed E-state index contributed by atoms with van der Waals surface area (Å²) in [4.78, 5) is 81.0. The minimum absolute atomic E-state index is 0.00957. The van der Waals surface area contributed by atoms with Crippen LogP contribution in [0.25, 0.3) is 69.5 Å². The molecule has 0 spiro atoms. The van der Waals surface area contributed by atoms with Gasteiger partial charge in [0.15, 0.2) is 39.9 Å². The van der Waals surface area contributed by atoms with Crippen LogP contribution in [0, 0.1) is 0 Å². The van der Waals surface area contributed by atoms with E-state index in [0.717, 1.165) is 25.0 Å². The van der Waals surface area contributed by atoms with Crippen molar-refractivity contribution in [2.24, 2.45) is 0 Å². The Morgan fingerprint density at radius 3 is 1.54 bits per heavy atom. The van der Waals surface area contributed by atoms with E-state index in [-0.39, 0.29) is 124 Å². The number of nitrogens with zero attached hydrogens (tertiary/aromatic N) is 7. The van der Waals surface area contributed by atoms with Crippen LogP contribution in [0.4, 0.5) is 4.79 Å². The number of hydrogen-bond acceptors (Lipinski definition) is 23. The van der Waals surface area contributed by atoms with Crippen LogP contribution in [-0.4, -0.2) is 148 Å². The maximum Gasteiger partial charge on any atom is 0.315 e. The second kappa shape index (κ2) is 25.2. The Morgan fingerprint density at radius 1 is 0.500 bits per heavy atom. The zero-order chi connectivity index (χ0) is 52.1. The van der Waals surface area contributed by atoms with Crippen molar-refractivity contribution in [1.82, 2.24) is 61.5 Å². The van der Waals surface area contributed by atoms with E-state index in [2.05, 4.69) is 61.5 Å². The number of amides is 5. The molecule has 0 aliphatic carbocycles. The fraction of sp³-hybridized carbons (Fsp3) is 0.479. The van der Waals surface area contributed by atoms with Crippen molar-refractivity contribution < 1.29 is 69.0 Å². The van der Waals surface area contributed by atoms with Gasteiger partial charge in [0.1, 0.15) is 49.9 Å².